The van der Waals surface area contributed by atoms with E-state index in [2.05, 4.69) is 15.6 Å². The highest BCUT2D eigenvalue weighted by molar-refractivity contribution is 6.03. The second-order valence-corrected chi connectivity index (χ2v) is 10.0. The molecule has 4 amide bonds. The van der Waals surface area contributed by atoms with Crippen molar-refractivity contribution in [3.8, 4) is 0 Å². The number of pyridine rings is 1. The highest BCUT2D eigenvalue weighted by Gasteiger charge is 2.48. The smallest absolute Gasteiger partial charge is 0.354 e. The Morgan fingerprint density at radius 2 is 1.87 bits per heavy atom. The first kappa shape index (κ1) is 28.1. The molecule has 2 atom stereocenters. The summed E-state index contributed by atoms with van der Waals surface area (Å²) >= 11 is 0. The molecule has 0 fully saturated rings. The number of aromatic nitrogens is 1. The number of halogens is 3. The standard InChI is InChI=1S/C28H32F3N5O3/c1-4-35-22-16-36(21(15-17(2)3)25(37)33-14-12-18-9-7-8-13-32-18)26(38)23(22)24(34-27(35)39)19-10-5-6-11-20(19)28(29,30)31/h5-11,13,17,21,24H,4,12,14-16H2,1-3H3,(H,33,37)(H,34,39). The largest absolute Gasteiger partial charge is 0.416 e. The van der Waals surface area contributed by atoms with E-state index in [1.807, 2.05) is 26.0 Å². The van der Waals surface area contributed by atoms with Crippen LogP contribution in [0, 0.1) is 5.92 Å². The monoisotopic (exact) mass is 543 g/mol. The molecule has 208 valence electrons. The van der Waals surface area contributed by atoms with Crippen LogP contribution in [0.5, 0.6) is 0 Å². The van der Waals surface area contributed by atoms with Crippen molar-refractivity contribution in [2.45, 2.75) is 51.9 Å². The van der Waals surface area contributed by atoms with E-state index in [1.54, 1.807) is 19.2 Å². The maximum atomic E-state index is 13.9. The number of rotatable bonds is 9. The molecule has 2 aromatic rings. The van der Waals surface area contributed by atoms with Gasteiger partial charge in [-0.05, 0) is 43.0 Å². The van der Waals surface area contributed by atoms with Gasteiger partial charge in [0, 0.05) is 31.4 Å². The van der Waals surface area contributed by atoms with Crippen molar-refractivity contribution in [3.05, 3.63) is 76.8 Å². The Hall–Kier alpha value is -3.89. The van der Waals surface area contributed by atoms with Crippen molar-refractivity contribution in [1.82, 2.24) is 25.4 Å². The van der Waals surface area contributed by atoms with Gasteiger partial charge in [0.25, 0.3) is 5.91 Å². The average Bonchev–Trinajstić information content (AvgIpc) is 3.23. The van der Waals surface area contributed by atoms with Crippen LogP contribution in [0.2, 0.25) is 0 Å². The second kappa shape index (κ2) is 11.5. The van der Waals surface area contributed by atoms with Gasteiger partial charge < -0.3 is 15.5 Å². The van der Waals surface area contributed by atoms with E-state index in [-0.39, 0.29) is 36.1 Å². The summed E-state index contributed by atoms with van der Waals surface area (Å²) in [4.78, 5) is 47.2. The van der Waals surface area contributed by atoms with E-state index in [4.69, 9.17) is 0 Å². The van der Waals surface area contributed by atoms with E-state index in [0.717, 1.165) is 11.8 Å². The molecule has 2 aliphatic heterocycles. The topological polar surface area (TPSA) is 94.6 Å². The van der Waals surface area contributed by atoms with Crippen LogP contribution in [-0.2, 0) is 22.2 Å². The molecule has 0 saturated carbocycles. The van der Waals surface area contributed by atoms with Gasteiger partial charge in [-0.25, -0.2) is 4.79 Å². The Balaban J connectivity index is 1.64. The van der Waals surface area contributed by atoms with Gasteiger partial charge in [0.1, 0.15) is 6.04 Å². The minimum absolute atomic E-state index is 0.0470. The van der Waals surface area contributed by atoms with Gasteiger partial charge >= 0.3 is 12.2 Å². The van der Waals surface area contributed by atoms with E-state index >= 15 is 0 Å². The summed E-state index contributed by atoms with van der Waals surface area (Å²) in [6.45, 7) is 6.04. The van der Waals surface area contributed by atoms with E-state index in [9.17, 15) is 27.6 Å². The molecule has 8 nitrogen and oxygen atoms in total. The number of nitrogens with zero attached hydrogens (tertiary/aromatic N) is 3. The lowest BCUT2D eigenvalue weighted by Gasteiger charge is -2.33. The Labute approximate surface area is 225 Å². The number of likely N-dealkylation sites (N-methyl/N-ethyl adjacent to an activating group) is 1. The second-order valence-electron chi connectivity index (χ2n) is 10.0. The number of hydrogen-bond donors (Lipinski definition) is 2. The van der Waals surface area contributed by atoms with Gasteiger partial charge in [0.05, 0.1) is 29.4 Å². The van der Waals surface area contributed by atoms with E-state index in [1.165, 1.54) is 28.0 Å². The first-order valence-corrected chi connectivity index (χ1v) is 13.0. The molecule has 0 spiro atoms. The number of benzene rings is 1. The SMILES string of the molecule is CCN1C(=O)NC(c2ccccc2C(F)(F)F)C2=C1CN(C(CC(C)C)C(=O)NCCc1ccccn1)C2=O. The maximum Gasteiger partial charge on any atom is 0.416 e. The minimum Gasteiger partial charge on any atom is -0.354 e. The van der Waals surface area contributed by atoms with Gasteiger partial charge in [-0.3, -0.25) is 19.5 Å². The van der Waals surface area contributed by atoms with Gasteiger partial charge in [-0.1, -0.05) is 38.1 Å². The molecule has 4 rings (SSSR count). The summed E-state index contributed by atoms with van der Waals surface area (Å²) in [6.07, 6.45) is -2.17. The minimum atomic E-state index is -4.68. The molecule has 2 N–H and O–H groups in total. The molecular weight excluding hydrogens is 511 g/mol. The average molecular weight is 544 g/mol. The van der Waals surface area contributed by atoms with Crippen molar-refractivity contribution in [2.75, 3.05) is 19.6 Å². The molecule has 1 aromatic carbocycles. The van der Waals surface area contributed by atoms with Crippen molar-refractivity contribution in [1.29, 1.82) is 0 Å². The van der Waals surface area contributed by atoms with Crippen molar-refractivity contribution in [3.63, 3.8) is 0 Å². The zero-order chi connectivity index (χ0) is 28.3. The summed E-state index contributed by atoms with van der Waals surface area (Å²) in [7, 11) is 0. The van der Waals surface area contributed by atoms with Crippen LogP contribution < -0.4 is 10.6 Å². The number of carbonyl (C=O) groups is 3. The van der Waals surface area contributed by atoms with E-state index in [0.29, 0.717) is 25.1 Å². The lowest BCUT2D eigenvalue weighted by molar-refractivity contribution is -0.139. The lowest BCUT2D eigenvalue weighted by Crippen LogP contribution is -2.49. The summed E-state index contributed by atoms with van der Waals surface area (Å²) in [5.74, 6) is -0.871. The molecule has 39 heavy (non-hydrogen) atoms. The van der Waals surface area contributed by atoms with Crippen molar-refractivity contribution >= 4 is 17.8 Å². The van der Waals surface area contributed by atoms with E-state index < -0.39 is 35.8 Å². The summed E-state index contributed by atoms with van der Waals surface area (Å²) in [6, 6.07) is 7.67. The molecule has 1 aromatic heterocycles. The Morgan fingerprint density at radius 3 is 2.51 bits per heavy atom. The third-order valence-corrected chi connectivity index (χ3v) is 6.92. The zero-order valence-electron chi connectivity index (χ0n) is 22.1. The maximum absolute atomic E-state index is 13.9. The Bertz CT molecular complexity index is 1260. The molecule has 11 heteroatoms. The first-order valence-electron chi connectivity index (χ1n) is 13.0. The number of amides is 4. The lowest BCUT2D eigenvalue weighted by atomic mass is 9.91. The number of carbonyl (C=O) groups excluding carboxylic acids is 3. The molecule has 2 unspecified atom stereocenters. The van der Waals surface area contributed by atoms with Gasteiger partial charge in [-0.15, -0.1) is 0 Å². The summed E-state index contributed by atoms with van der Waals surface area (Å²) in [5.41, 5.74) is 0.0507. The van der Waals surface area contributed by atoms with Crippen LogP contribution in [0.1, 0.15) is 50.1 Å². The molecular formula is C28H32F3N5O3. The number of nitrogens with one attached hydrogen (secondary N) is 2. The zero-order valence-corrected chi connectivity index (χ0v) is 22.1. The molecule has 3 heterocycles. The van der Waals surface area contributed by atoms with Gasteiger partial charge in [-0.2, -0.15) is 13.2 Å². The van der Waals surface area contributed by atoms with Crippen LogP contribution in [0.25, 0.3) is 0 Å². The first-order chi connectivity index (χ1) is 18.5. The number of urea groups is 1. The molecule has 0 radical (unpaired) electrons. The molecule has 0 saturated heterocycles. The highest BCUT2D eigenvalue weighted by atomic mass is 19.4. The van der Waals surface area contributed by atoms with Crippen molar-refractivity contribution in [2.24, 2.45) is 5.92 Å². The molecule has 2 aliphatic rings. The Kier molecular flexibility index (Phi) is 8.27. The van der Waals surface area contributed by atoms with Crippen LogP contribution in [-0.4, -0.2) is 58.3 Å². The fourth-order valence-corrected chi connectivity index (χ4v) is 5.14. The molecule has 0 aliphatic carbocycles. The predicted octanol–water partition coefficient (Wildman–Crippen LogP) is 4.06. The predicted molar refractivity (Wildman–Crippen MR) is 138 cm³/mol. The van der Waals surface area contributed by atoms with Gasteiger partial charge in [0.2, 0.25) is 5.91 Å². The fraction of sp³-hybridized carbons (Fsp3) is 0.429. The summed E-state index contributed by atoms with van der Waals surface area (Å²) < 4.78 is 41.7. The Morgan fingerprint density at radius 1 is 1.15 bits per heavy atom. The number of hydrogen-bond acceptors (Lipinski definition) is 4. The normalized spacial score (nSPS) is 18.4. The van der Waals surface area contributed by atoms with Crippen LogP contribution in [0.4, 0.5) is 18.0 Å². The quantitative estimate of drug-likeness (QED) is 0.499. The fourth-order valence-electron chi connectivity index (χ4n) is 5.14. The number of alkyl halides is 3. The highest BCUT2D eigenvalue weighted by Crippen LogP contribution is 2.42. The van der Waals surface area contributed by atoms with Crippen LogP contribution in [0.3, 0.4) is 0 Å². The third-order valence-electron chi connectivity index (χ3n) is 6.92. The molecule has 0 bridgehead atoms. The van der Waals surface area contributed by atoms with Crippen LogP contribution >= 0.6 is 0 Å². The van der Waals surface area contributed by atoms with Crippen LogP contribution in [0.15, 0.2) is 59.9 Å². The van der Waals surface area contributed by atoms with Crippen molar-refractivity contribution < 1.29 is 27.6 Å². The third kappa shape index (κ3) is 5.91. The van der Waals surface area contributed by atoms with Gasteiger partial charge in [0.15, 0.2) is 0 Å². The summed E-state index contributed by atoms with van der Waals surface area (Å²) in [5, 5.41) is 5.49.